The van der Waals surface area contributed by atoms with Crippen molar-refractivity contribution < 1.29 is 13.6 Å². The summed E-state index contributed by atoms with van der Waals surface area (Å²) in [6.07, 6.45) is 0. The zero-order valence-corrected chi connectivity index (χ0v) is 13.9. The normalized spacial score (nSPS) is 11.1. The second kappa shape index (κ2) is 5.79. The van der Waals surface area contributed by atoms with Gasteiger partial charge in [-0.3, -0.25) is 4.79 Å². The number of carbonyl (C=O) groups is 1. The van der Waals surface area contributed by atoms with Crippen LogP contribution in [0.15, 0.2) is 62.2 Å². The van der Waals surface area contributed by atoms with Gasteiger partial charge in [-0.2, -0.15) is 0 Å². The monoisotopic (exact) mass is 353 g/mol. The van der Waals surface area contributed by atoms with Gasteiger partial charge in [-0.25, -0.2) is 4.79 Å². The second-order valence-corrected chi connectivity index (χ2v) is 6.04. The molecule has 0 saturated carbocycles. The Labute approximate surface area is 146 Å². The third kappa shape index (κ3) is 2.68. The highest BCUT2D eigenvalue weighted by Gasteiger charge is 2.20. The third-order valence-corrected chi connectivity index (χ3v) is 4.08. The van der Waals surface area contributed by atoms with Crippen molar-refractivity contribution >= 4 is 45.1 Å². The first-order valence-electron chi connectivity index (χ1n) is 7.56. The summed E-state index contributed by atoms with van der Waals surface area (Å²) in [5.74, 6) is 0.148. The summed E-state index contributed by atoms with van der Waals surface area (Å²) in [6, 6.07) is 13.6. The van der Waals surface area contributed by atoms with E-state index in [9.17, 15) is 9.59 Å². The quantitative estimate of drug-likeness (QED) is 0.524. The number of hydrogen-bond donors (Lipinski definition) is 1. The van der Waals surface area contributed by atoms with Crippen molar-refractivity contribution in [1.29, 1.82) is 0 Å². The lowest BCUT2D eigenvalue weighted by Crippen LogP contribution is -2.06. The molecular formula is C19H12ClNO4. The molecule has 1 N–H and O–H groups in total. The van der Waals surface area contributed by atoms with Crippen LogP contribution in [-0.2, 0) is 4.79 Å². The van der Waals surface area contributed by atoms with E-state index in [2.05, 4.69) is 5.32 Å². The van der Waals surface area contributed by atoms with Crippen molar-refractivity contribution in [2.24, 2.45) is 0 Å². The highest BCUT2D eigenvalue weighted by molar-refractivity contribution is 6.31. The molecule has 0 radical (unpaired) electrons. The molecule has 25 heavy (non-hydrogen) atoms. The SMILES string of the molecule is CC(=O)Nc1c(-c2cc(=O)oc3ccc(Cl)cc23)oc2ccccc12. The van der Waals surface area contributed by atoms with Crippen molar-refractivity contribution in [2.75, 3.05) is 5.32 Å². The Morgan fingerprint density at radius 1 is 1.00 bits per heavy atom. The minimum absolute atomic E-state index is 0.238. The fraction of sp³-hybridized carbons (Fsp3) is 0.0526. The number of carbonyl (C=O) groups excluding carboxylic acids is 1. The summed E-state index contributed by atoms with van der Waals surface area (Å²) in [6.45, 7) is 1.42. The number of nitrogens with one attached hydrogen (secondary N) is 1. The maximum Gasteiger partial charge on any atom is 0.336 e. The molecule has 0 atom stereocenters. The van der Waals surface area contributed by atoms with Gasteiger partial charge in [-0.05, 0) is 30.3 Å². The van der Waals surface area contributed by atoms with Crippen molar-refractivity contribution in [2.45, 2.75) is 6.92 Å². The molecule has 5 nitrogen and oxygen atoms in total. The average molecular weight is 354 g/mol. The van der Waals surface area contributed by atoms with E-state index < -0.39 is 5.63 Å². The maximum absolute atomic E-state index is 12.0. The van der Waals surface area contributed by atoms with Gasteiger partial charge in [0.25, 0.3) is 0 Å². The van der Waals surface area contributed by atoms with Crippen LogP contribution in [-0.4, -0.2) is 5.91 Å². The molecule has 2 aromatic carbocycles. The van der Waals surface area contributed by atoms with E-state index in [1.807, 2.05) is 18.2 Å². The van der Waals surface area contributed by atoms with Crippen molar-refractivity contribution in [3.05, 3.63) is 64.0 Å². The van der Waals surface area contributed by atoms with Gasteiger partial charge in [0.15, 0.2) is 5.76 Å². The van der Waals surface area contributed by atoms with Crippen LogP contribution in [0.1, 0.15) is 6.92 Å². The fourth-order valence-corrected chi connectivity index (χ4v) is 3.03. The number of para-hydroxylation sites is 1. The van der Waals surface area contributed by atoms with E-state index in [0.29, 0.717) is 38.6 Å². The predicted molar refractivity (Wildman–Crippen MR) is 97.0 cm³/mol. The van der Waals surface area contributed by atoms with E-state index in [4.69, 9.17) is 20.4 Å². The number of anilines is 1. The summed E-state index contributed by atoms with van der Waals surface area (Å²) in [4.78, 5) is 23.7. The molecule has 1 amide bonds. The predicted octanol–water partition coefficient (Wildman–Crippen LogP) is 4.82. The second-order valence-electron chi connectivity index (χ2n) is 5.60. The lowest BCUT2D eigenvalue weighted by molar-refractivity contribution is -0.114. The number of hydrogen-bond acceptors (Lipinski definition) is 4. The molecule has 2 aromatic heterocycles. The Bertz CT molecular complexity index is 1190. The molecular weight excluding hydrogens is 342 g/mol. The highest BCUT2D eigenvalue weighted by atomic mass is 35.5. The molecule has 4 rings (SSSR count). The lowest BCUT2D eigenvalue weighted by atomic mass is 10.1. The van der Waals surface area contributed by atoms with Crippen LogP contribution in [0, 0.1) is 0 Å². The number of fused-ring (bicyclic) bond motifs is 2. The summed E-state index contributed by atoms with van der Waals surface area (Å²) in [5, 5.41) is 4.66. The summed E-state index contributed by atoms with van der Waals surface area (Å²) in [5.41, 5.74) is 1.49. The molecule has 124 valence electrons. The largest absolute Gasteiger partial charge is 0.454 e. The Morgan fingerprint density at radius 3 is 2.56 bits per heavy atom. The number of rotatable bonds is 2. The van der Waals surface area contributed by atoms with Gasteiger partial charge in [0.2, 0.25) is 5.91 Å². The van der Waals surface area contributed by atoms with E-state index in [0.717, 1.165) is 5.39 Å². The van der Waals surface area contributed by atoms with Crippen LogP contribution in [0.5, 0.6) is 0 Å². The van der Waals surface area contributed by atoms with Crippen LogP contribution < -0.4 is 10.9 Å². The van der Waals surface area contributed by atoms with Gasteiger partial charge in [0, 0.05) is 34.3 Å². The molecule has 0 spiro atoms. The van der Waals surface area contributed by atoms with Gasteiger partial charge in [-0.15, -0.1) is 0 Å². The van der Waals surface area contributed by atoms with Crippen LogP contribution in [0.2, 0.25) is 5.02 Å². The molecule has 0 saturated heterocycles. The van der Waals surface area contributed by atoms with E-state index in [1.165, 1.54) is 13.0 Å². The van der Waals surface area contributed by atoms with Gasteiger partial charge in [-0.1, -0.05) is 23.7 Å². The molecule has 0 fully saturated rings. The third-order valence-electron chi connectivity index (χ3n) is 3.85. The van der Waals surface area contributed by atoms with E-state index in [1.54, 1.807) is 24.3 Å². The van der Waals surface area contributed by atoms with Crippen molar-refractivity contribution in [1.82, 2.24) is 0 Å². The molecule has 6 heteroatoms. The van der Waals surface area contributed by atoms with E-state index >= 15 is 0 Å². The summed E-state index contributed by atoms with van der Waals surface area (Å²) in [7, 11) is 0. The first-order chi connectivity index (χ1) is 12.0. The molecule has 0 aliphatic carbocycles. The van der Waals surface area contributed by atoms with Gasteiger partial charge in [0.1, 0.15) is 11.2 Å². The van der Waals surface area contributed by atoms with E-state index in [-0.39, 0.29) is 5.91 Å². The molecule has 0 aliphatic heterocycles. The Hall–Kier alpha value is -3.05. The Kier molecular flexibility index (Phi) is 3.58. The number of benzene rings is 2. The zero-order chi connectivity index (χ0) is 17.6. The number of halogens is 1. The molecule has 2 heterocycles. The van der Waals surface area contributed by atoms with Crippen LogP contribution in [0.4, 0.5) is 5.69 Å². The molecule has 0 unspecified atom stereocenters. The minimum atomic E-state index is -0.515. The minimum Gasteiger partial charge on any atom is -0.454 e. The standard InChI is InChI=1S/C19H12ClNO4/c1-10(22)21-18-12-4-2-3-5-15(12)25-19(18)14-9-17(23)24-16-7-6-11(20)8-13(14)16/h2-9H,1H3,(H,21,22). The highest BCUT2D eigenvalue weighted by Crippen LogP contribution is 2.40. The molecule has 0 bridgehead atoms. The first kappa shape index (κ1) is 15.5. The first-order valence-corrected chi connectivity index (χ1v) is 7.93. The summed E-state index contributed by atoms with van der Waals surface area (Å²) < 4.78 is 11.2. The van der Waals surface area contributed by atoms with Crippen LogP contribution in [0.3, 0.4) is 0 Å². The van der Waals surface area contributed by atoms with Crippen LogP contribution >= 0.6 is 11.6 Å². The van der Waals surface area contributed by atoms with Crippen LogP contribution in [0.25, 0.3) is 33.3 Å². The topological polar surface area (TPSA) is 72.5 Å². The number of furan rings is 1. The lowest BCUT2D eigenvalue weighted by Gasteiger charge is -2.07. The smallest absolute Gasteiger partial charge is 0.336 e. The molecule has 4 aromatic rings. The Balaban J connectivity index is 2.11. The van der Waals surface area contributed by atoms with Crippen molar-refractivity contribution in [3.8, 4) is 11.3 Å². The number of amides is 1. The molecule has 0 aliphatic rings. The summed E-state index contributed by atoms with van der Waals surface area (Å²) >= 11 is 6.10. The van der Waals surface area contributed by atoms with Gasteiger partial charge >= 0.3 is 5.63 Å². The van der Waals surface area contributed by atoms with Crippen molar-refractivity contribution in [3.63, 3.8) is 0 Å². The van der Waals surface area contributed by atoms with Gasteiger partial charge in [0.05, 0.1) is 5.69 Å². The fourth-order valence-electron chi connectivity index (χ4n) is 2.86. The Morgan fingerprint density at radius 2 is 1.76 bits per heavy atom. The maximum atomic E-state index is 12.0. The van der Waals surface area contributed by atoms with Gasteiger partial charge < -0.3 is 14.2 Å². The zero-order valence-electron chi connectivity index (χ0n) is 13.1. The average Bonchev–Trinajstić information content (AvgIpc) is 2.92.